The number of aromatic nitrogens is 2. The number of benzene rings is 2. The highest BCUT2D eigenvalue weighted by molar-refractivity contribution is 6.30. The van der Waals surface area contributed by atoms with Crippen LogP contribution in [-0.4, -0.2) is 14.9 Å². The molecule has 3 rings (SSSR count). The number of nitro groups is 1. The normalized spacial score (nSPS) is 12.3. The van der Waals surface area contributed by atoms with E-state index in [0.29, 0.717) is 21.7 Å². The molecular formula is C15H13ClN4O3. The molecule has 0 bridgehead atoms. The Hall–Kier alpha value is -2.80. The lowest BCUT2D eigenvalue weighted by Crippen LogP contribution is -2.08. The number of halogens is 1. The molecule has 118 valence electrons. The lowest BCUT2D eigenvalue weighted by Gasteiger charge is -2.16. The van der Waals surface area contributed by atoms with Crippen LogP contribution in [0.25, 0.3) is 11.0 Å². The first-order valence-corrected chi connectivity index (χ1v) is 7.24. The van der Waals surface area contributed by atoms with Gasteiger partial charge in [-0.25, -0.2) is 4.79 Å². The van der Waals surface area contributed by atoms with Gasteiger partial charge in [0.05, 0.1) is 16.0 Å². The number of H-pyrrole nitrogens is 2. The molecule has 0 aliphatic rings. The zero-order chi connectivity index (χ0) is 16.6. The van der Waals surface area contributed by atoms with Gasteiger partial charge in [0, 0.05) is 17.1 Å². The number of rotatable bonds is 4. The molecule has 2 aromatic carbocycles. The molecule has 0 fully saturated rings. The fourth-order valence-corrected chi connectivity index (χ4v) is 2.58. The summed E-state index contributed by atoms with van der Waals surface area (Å²) in [7, 11) is 0. The fourth-order valence-electron chi connectivity index (χ4n) is 2.41. The van der Waals surface area contributed by atoms with Gasteiger partial charge in [-0.3, -0.25) is 10.1 Å². The van der Waals surface area contributed by atoms with E-state index in [0.717, 1.165) is 5.56 Å². The number of hydrogen-bond donors (Lipinski definition) is 3. The molecule has 0 saturated carbocycles. The number of fused-ring (bicyclic) bond motifs is 1. The molecule has 1 atom stereocenters. The molecule has 3 aromatic rings. The Kier molecular flexibility index (Phi) is 3.79. The van der Waals surface area contributed by atoms with Crippen molar-refractivity contribution in [3.63, 3.8) is 0 Å². The molecule has 0 aliphatic carbocycles. The van der Waals surface area contributed by atoms with Crippen LogP contribution in [0.3, 0.4) is 0 Å². The minimum absolute atomic E-state index is 0.0829. The van der Waals surface area contributed by atoms with Crippen LogP contribution in [0, 0.1) is 10.1 Å². The molecule has 0 spiro atoms. The zero-order valence-corrected chi connectivity index (χ0v) is 12.8. The first-order chi connectivity index (χ1) is 10.9. The Morgan fingerprint density at radius 1 is 1.17 bits per heavy atom. The second-order valence-electron chi connectivity index (χ2n) is 5.17. The Bertz CT molecular complexity index is 947. The van der Waals surface area contributed by atoms with Gasteiger partial charge in [0.25, 0.3) is 5.69 Å². The third-order valence-corrected chi connectivity index (χ3v) is 3.80. The Morgan fingerprint density at radius 2 is 1.91 bits per heavy atom. The van der Waals surface area contributed by atoms with E-state index < -0.39 is 4.92 Å². The van der Waals surface area contributed by atoms with Crippen molar-refractivity contribution in [1.82, 2.24) is 9.97 Å². The summed E-state index contributed by atoms with van der Waals surface area (Å²) >= 11 is 5.81. The van der Waals surface area contributed by atoms with Crippen LogP contribution < -0.4 is 11.0 Å². The van der Waals surface area contributed by atoms with Gasteiger partial charge in [0.1, 0.15) is 5.69 Å². The van der Waals surface area contributed by atoms with Crippen molar-refractivity contribution in [2.75, 3.05) is 5.32 Å². The second-order valence-corrected chi connectivity index (χ2v) is 5.61. The van der Waals surface area contributed by atoms with Crippen molar-refractivity contribution in [3.05, 3.63) is 67.6 Å². The first kappa shape index (κ1) is 15.1. The maximum Gasteiger partial charge on any atom is 0.323 e. The Morgan fingerprint density at radius 3 is 2.65 bits per heavy atom. The summed E-state index contributed by atoms with van der Waals surface area (Å²) in [6, 6.07) is 9.75. The van der Waals surface area contributed by atoms with E-state index in [1.54, 1.807) is 18.2 Å². The number of anilines is 1. The van der Waals surface area contributed by atoms with Gasteiger partial charge in [0.15, 0.2) is 0 Å². The molecule has 1 aromatic heterocycles. The lowest BCUT2D eigenvalue weighted by molar-refractivity contribution is -0.384. The number of nitrogens with zero attached hydrogens (tertiary/aromatic N) is 1. The average Bonchev–Trinajstić information content (AvgIpc) is 2.87. The molecule has 7 nitrogen and oxygen atoms in total. The molecule has 0 amide bonds. The fraction of sp³-hybridized carbons (Fsp3) is 0.133. The van der Waals surface area contributed by atoms with E-state index in [9.17, 15) is 14.9 Å². The van der Waals surface area contributed by atoms with E-state index >= 15 is 0 Å². The zero-order valence-electron chi connectivity index (χ0n) is 12.1. The third kappa shape index (κ3) is 3.04. The standard InChI is InChI=1S/C15H13ClN4O3/c1-8(9-2-4-11-13(6-9)19-15(21)18-11)17-12-5-3-10(16)7-14(12)20(22)23/h2-8,17H,1H3,(H2,18,19,21). The van der Waals surface area contributed by atoms with Crippen LogP contribution in [0.1, 0.15) is 18.5 Å². The maximum absolute atomic E-state index is 11.3. The van der Waals surface area contributed by atoms with E-state index in [1.165, 1.54) is 6.07 Å². The summed E-state index contributed by atoms with van der Waals surface area (Å²) in [4.78, 5) is 27.3. The molecule has 8 heteroatoms. The van der Waals surface area contributed by atoms with Gasteiger partial charge in [-0.15, -0.1) is 0 Å². The second kappa shape index (κ2) is 5.77. The van der Waals surface area contributed by atoms with Gasteiger partial charge in [-0.05, 0) is 36.8 Å². The Balaban J connectivity index is 1.92. The highest BCUT2D eigenvalue weighted by Crippen LogP contribution is 2.31. The first-order valence-electron chi connectivity index (χ1n) is 6.86. The summed E-state index contributed by atoms with van der Waals surface area (Å²) in [6.45, 7) is 1.88. The van der Waals surface area contributed by atoms with Gasteiger partial charge in [-0.1, -0.05) is 17.7 Å². The highest BCUT2D eigenvalue weighted by Gasteiger charge is 2.17. The molecule has 3 N–H and O–H groups in total. The van der Waals surface area contributed by atoms with Gasteiger partial charge in [-0.2, -0.15) is 0 Å². The van der Waals surface area contributed by atoms with E-state index in [1.807, 2.05) is 19.1 Å². The number of nitrogens with one attached hydrogen (secondary N) is 3. The minimum atomic E-state index is -0.478. The Labute approximate surface area is 135 Å². The van der Waals surface area contributed by atoms with Gasteiger partial charge >= 0.3 is 5.69 Å². The molecule has 1 unspecified atom stereocenters. The predicted octanol–water partition coefficient (Wildman–Crippen LogP) is 3.59. The van der Waals surface area contributed by atoms with Crippen molar-refractivity contribution in [2.24, 2.45) is 0 Å². The summed E-state index contributed by atoms with van der Waals surface area (Å²) < 4.78 is 0. The number of nitro benzene ring substituents is 1. The van der Waals surface area contributed by atoms with Crippen LogP contribution >= 0.6 is 11.6 Å². The summed E-state index contributed by atoms with van der Waals surface area (Å²) in [5, 5.41) is 14.5. The molecular weight excluding hydrogens is 320 g/mol. The molecule has 0 radical (unpaired) electrons. The summed E-state index contributed by atoms with van der Waals surface area (Å²) in [5.74, 6) is 0. The summed E-state index contributed by atoms with van der Waals surface area (Å²) in [5.41, 5.74) is 2.31. The van der Waals surface area contributed by atoms with Crippen LogP contribution in [-0.2, 0) is 0 Å². The topological polar surface area (TPSA) is 104 Å². The number of hydrogen-bond acceptors (Lipinski definition) is 4. The third-order valence-electron chi connectivity index (χ3n) is 3.57. The molecule has 1 heterocycles. The monoisotopic (exact) mass is 332 g/mol. The van der Waals surface area contributed by atoms with Gasteiger partial charge < -0.3 is 15.3 Å². The van der Waals surface area contributed by atoms with Crippen molar-refractivity contribution in [1.29, 1.82) is 0 Å². The van der Waals surface area contributed by atoms with Gasteiger partial charge in [0.2, 0.25) is 0 Å². The smallest absolute Gasteiger partial charge is 0.323 e. The van der Waals surface area contributed by atoms with E-state index in [-0.39, 0.29) is 17.4 Å². The van der Waals surface area contributed by atoms with Crippen LogP contribution in [0.5, 0.6) is 0 Å². The van der Waals surface area contributed by atoms with Crippen LogP contribution in [0.15, 0.2) is 41.2 Å². The molecule has 0 aliphatic heterocycles. The van der Waals surface area contributed by atoms with Crippen molar-refractivity contribution in [2.45, 2.75) is 13.0 Å². The van der Waals surface area contributed by atoms with Crippen molar-refractivity contribution >= 4 is 34.0 Å². The lowest BCUT2D eigenvalue weighted by atomic mass is 10.1. The highest BCUT2D eigenvalue weighted by atomic mass is 35.5. The molecule has 0 saturated heterocycles. The van der Waals surface area contributed by atoms with Crippen LogP contribution in [0.4, 0.5) is 11.4 Å². The average molecular weight is 333 g/mol. The maximum atomic E-state index is 11.3. The summed E-state index contributed by atoms with van der Waals surface area (Å²) in [6.07, 6.45) is 0. The van der Waals surface area contributed by atoms with Crippen LogP contribution in [0.2, 0.25) is 5.02 Å². The van der Waals surface area contributed by atoms with Crippen molar-refractivity contribution < 1.29 is 4.92 Å². The predicted molar refractivity (Wildman–Crippen MR) is 89.1 cm³/mol. The quantitative estimate of drug-likeness (QED) is 0.501. The minimum Gasteiger partial charge on any atom is -0.373 e. The van der Waals surface area contributed by atoms with Crippen molar-refractivity contribution in [3.8, 4) is 0 Å². The SMILES string of the molecule is CC(Nc1ccc(Cl)cc1[N+](=O)[O-])c1ccc2[nH]c(=O)[nH]c2c1. The largest absolute Gasteiger partial charge is 0.373 e. The number of imidazole rings is 1. The molecule has 23 heavy (non-hydrogen) atoms. The van der Waals surface area contributed by atoms with E-state index in [4.69, 9.17) is 11.6 Å². The van der Waals surface area contributed by atoms with E-state index in [2.05, 4.69) is 15.3 Å². The number of aromatic amines is 2.